The number of fused-ring (bicyclic) bond motifs is 3. The fourth-order valence-corrected chi connectivity index (χ4v) is 10.0. The fraction of sp³-hybridized carbons (Fsp3) is 0.323. The van der Waals surface area contributed by atoms with E-state index in [-0.39, 0.29) is 37.3 Å². The van der Waals surface area contributed by atoms with Gasteiger partial charge in [0.25, 0.3) is 0 Å². The number of anilines is 2. The molecule has 0 fully saturated rings. The summed E-state index contributed by atoms with van der Waals surface area (Å²) in [7, 11) is 0. The van der Waals surface area contributed by atoms with Gasteiger partial charge < -0.3 is 19.1 Å². The van der Waals surface area contributed by atoms with Crippen LogP contribution in [0, 0.1) is 18.8 Å². The zero-order valence-corrected chi connectivity index (χ0v) is 46.8. The first-order chi connectivity index (χ1) is 33.0. The maximum absolute atomic E-state index is 7.27. The standard InChI is InChI=1S/C65H71N4O.Pt/c1-42(2)52-28-22-29-53(43(3)4)60(52)58-40-67(48-26-21-25-45(33-48)62(5,6)7)41-68(58)49-34-47(65(14,15)44-23-17-16-18-24-44)35-50(37-49)70-51-38-55(64(11,12)13)61-54-27-19-20-30-56(54)69(57(61)39-51)59-36-46(31-32-66-59)63(8,9)10;/h16-36,38,40-43H,1-15H3;/q-3;. The second-order valence-electron chi connectivity index (χ2n) is 23.6. The van der Waals surface area contributed by atoms with Crippen LogP contribution in [0.3, 0.4) is 0 Å². The van der Waals surface area contributed by atoms with Gasteiger partial charge in [0.15, 0.2) is 0 Å². The van der Waals surface area contributed by atoms with Crippen LogP contribution in [-0.4, -0.2) is 9.55 Å². The fourth-order valence-electron chi connectivity index (χ4n) is 10.0. The molecule has 8 aromatic rings. The van der Waals surface area contributed by atoms with Gasteiger partial charge in [-0.2, -0.15) is 0 Å². The molecule has 0 atom stereocenters. The summed E-state index contributed by atoms with van der Waals surface area (Å²) in [6, 6.07) is 54.0. The zero-order chi connectivity index (χ0) is 50.1. The molecule has 0 aliphatic carbocycles. The molecule has 0 saturated heterocycles. The van der Waals surface area contributed by atoms with Crippen LogP contribution in [0.2, 0.25) is 0 Å². The van der Waals surface area contributed by atoms with Crippen molar-refractivity contribution in [2.75, 3.05) is 9.80 Å². The summed E-state index contributed by atoms with van der Waals surface area (Å²) in [6.07, 6.45) is 4.25. The molecule has 1 aliphatic heterocycles. The summed E-state index contributed by atoms with van der Waals surface area (Å²) in [5.74, 6) is 2.69. The van der Waals surface area contributed by atoms with Crippen LogP contribution < -0.4 is 14.5 Å². The van der Waals surface area contributed by atoms with E-state index in [1.54, 1.807) is 0 Å². The van der Waals surface area contributed by atoms with Gasteiger partial charge in [0, 0.05) is 61.2 Å². The van der Waals surface area contributed by atoms with Crippen molar-refractivity contribution in [3.05, 3.63) is 203 Å². The Balaban J connectivity index is 0.00000676. The van der Waals surface area contributed by atoms with Gasteiger partial charge in [-0.05, 0) is 103 Å². The first kappa shape index (κ1) is 51.5. The van der Waals surface area contributed by atoms with Crippen LogP contribution >= 0.6 is 0 Å². The van der Waals surface area contributed by atoms with Crippen LogP contribution in [0.4, 0.5) is 11.4 Å². The Morgan fingerprint density at radius 3 is 1.83 bits per heavy atom. The van der Waals surface area contributed by atoms with Crippen LogP contribution in [0.5, 0.6) is 11.5 Å². The minimum absolute atomic E-state index is 0. The van der Waals surface area contributed by atoms with E-state index in [9.17, 15) is 0 Å². The van der Waals surface area contributed by atoms with Crippen LogP contribution in [-0.2, 0) is 42.7 Å². The van der Waals surface area contributed by atoms with E-state index in [2.05, 4.69) is 271 Å². The second-order valence-corrected chi connectivity index (χ2v) is 23.6. The van der Waals surface area contributed by atoms with Gasteiger partial charge in [-0.1, -0.05) is 194 Å². The number of nitrogens with zero attached hydrogens (tertiary/aromatic N) is 4. The van der Waals surface area contributed by atoms with Crippen LogP contribution in [0.15, 0.2) is 140 Å². The molecule has 0 radical (unpaired) electrons. The van der Waals surface area contributed by atoms with Crippen LogP contribution in [0.1, 0.15) is 160 Å². The molecule has 71 heavy (non-hydrogen) atoms. The Hall–Kier alpha value is -5.90. The minimum Gasteiger partial charge on any atom is -0.509 e. The van der Waals surface area contributed by atoms with Crippen molar-refractivity contribution in [3.63, 3.8) is 0 Å². The van der Waals surface area contributed by atoms with Crippen LogP contribution in [0.25, 0.3) is 33.3 Å². The molecule has 1 aliphatic rings. The molecule has 6 aromatic carbocycles. The third kappa shape index (κ3) is 10.0. The minimum atomic E-state index is -0.396. The number of aromatic nitrogens is 2. The van der Waals surface area contributed by atoms with E-state index in [0.29, 0.717) is 23.3 Å². The molecule has 0 N–H and O–H groups in total. The molecule has 6 heteroatoms. The van der Waals surface area contributed by atoms with Gasteiger partial charge in [0.2, 0.25) is 0 Å². The Morgan fingerprint density at radius 1 is 0.577 bits per heavy atom. The van der Waals surface area contributed by atoms with E-state index in [4.69, 9.17) is 9.72 Å². The van der Waals surface area contributed by atoms with E-state index < -0.39 is 5.41 Å². The molecule has 9 rings (SSSR count). The molecular weight excluding hydrogens is 1050 g/mol. The van der Waals surface area contributed by atoms with Crippen molar-refractivity contribution in [2.24, 2.45) is 0 Å². The molecule has 0 spiro atoms. The molecule has 0 saturated carbocycles. The molecule has 3 heterocycles. The Bertz CT molecular complexity index is 3240. The first-order valence-corrected chi connectivity index (χ1v) is 25.2. The summed E-state index contributed by atoms with van der Waals surface area (Å²) in [5.41, 5.74) is 14.3. The molecular formula is C65H71N4OPt-3. The number of hydrogen-bond acceptors (Lipinski definition) is 4. The van der Waals surface area contributed by atoms with Crippen molar-refractivity contribution in [2.45, 2.75) is 137 Å². The van der Waals surface area contributed by atoms with E-state index in [0.717, 1.165) is 50.3 Å². The van der Waals surface area contributed by atoms with Crippen molar-refractivity contribution in [3.8, 4) is 17.3 Å². The second kappa shape index (κ2) is 19.3. The first-order valence-electron chi connectivity index (χ1n) is 25.2. The van der Waals surface area contributed by atoms with Gasteiger partial charge in [-0.25, -0.2) is 4.98 Å². The summed E-state index contributed by atoms with van der Waals surface area (Å²) < 4.78 is 9.54. The average molecular weight is 1120 g/mol. The normalized spacial score (nSPS) is 13.7. The topological polar surface area (TPSA) is 33.5 Å². The largest absolute Gasteiger partial charge is 0.509 e. The molecule has 0 bridgehead atoms. The Labute approximate surface area is 439 Å². The van der Waals surface area contributed by atoms with Gasteiger partial charge in [0.05, 0.1) is 0 Å². The quantitative estimate of drug-likeness (QED) is 0.128. The van der Waals surface area contributed by atoms with Gasteiger partial charge in [-0.3, -0.25) is 0 Å². The molecule has 0 amide bonds. The molecule has 2 aromatic heterocycles. The van der Waals surface area contributed by atoms with Crippen molar-refractivity contribution in [1.29, 1.82) is 0 Å². The van der Waals surface area contributed by atoms with Gasteiger partial charge in [0.1, 0.15) is 5.82 Å². The smallest absolute Gasteiger partial charge is 0.135 e. The number of hydrogen-bond donors (Lipinski definition) is 0. The Morgan fingerprint density at radius 2 is 1.18 bits per heavy atom. The number of ether oxygens (including phenoxy) is 1. The predicted octanol–water partition coefficient (Wildman–Crippen LogP) is 17.5. The molecule has 0 unspecified atom stereocenters. The van der Waals surface area contributed by atoms with E-state index in [1.165, 1.54) is 38.9 Å². The van der Waals surface area contributed by atoms with Crippen molar-refractivity contribution < 1.29 is 25.8 Å². The summed E-state index contributed by atoms with van der Waals surface area (Å²) >= 11 is 0. The number of rotatable bonds is 10. The summed E-state index contributed by atoms with van der Waals surface area (Å²) in [5, 5.41) is 2.32. The summed E-state index contributed by atoms with van der Waals surface area (Å²) in [4.78, 5) is 9.64. The third-order valence-electron chi connectivity index (χ3n) is 14.2. The maximum Gasteiger partial charge on any atom is 0.135 e. The SMILES string of the molecule is CC(C)c1cccc(C(C)C)c1C1=CN(c2cccc(C(C)(C)C)c2)[CH-]N1c1[c-]c(Oc2[c-]c3c(c(C(C)(C)C)c2)c2ccccc2n3-c2cc(C(C)(C)C)ccn2)cc(C(C)(C)c2ccccc2)c1.[Pt]. The summed E-state index contributed by atoms with van der Waals surface area (Å²) in [6.45, 7) is 36.5. The average Bonchev–Trinajstić information content (AvgIpc) is 3.91. The van der Waals surface area contributed by atoms with Crippen molar-refractivity contribution >= 4 is 38.9 Å². The van der Waals surface area contributed by atoms with Crippen molar-refractivity contribution in [1.82, 2.24) is 9.55 Å². The molecule has 5 nitrogen and oxygen atoms in total. The van der Waals surface area contributed by atoms with Gasteiger partial charge >= 0.3 is 0 Å². The molecule has 370 valence electrons. The number of benzene rings is 6. The van der Waals surface area contributed by atoms with Gasteiger partial charge in [-0.15, -0.1) is 53.8 Å². The predicted molar refractivity (Wildman–Crippen MR) is 296 cm³/mol. The third-order valence-corrected chi connectivity index (χ3v) is 14.2. The monoisotopic (exact) mass is 1120 g/mol. The Kier molecular flexibility index (Phi) is 14.0. The number of pyridine rings is 1. The maximum atomic E-state index is 7.27. The van der Waals surface area contributed by atoms with E-state index >= 15 is 0 Å². The van der Waals surface area contributed by atoms with E-state index in [1.807, 2.05) is 6.20 Å². The number of para-hydroxylation sites is 1. The zero-order valence-electron chi connectivity index (χ0n) is 44.5.